The number of esters is 1. The summed E-state index contributed by atoms with van der Waals surface area (Å²) >= 11 is 0. The van der Waals surface area contributed by atoms with Crippen molar-refractivity contribution in [1.29, 1.82) is 0 Å². The van der Waals surface area contributed by atoms with E-state index in [1.807, 2.05) is 0 Å². The van der Waals surface area contributed by atoms with E-state index in [-0.39, 0.29) is 31.9 Å². The van der Waals surface area contributed by atoms with Gasteiger partial charge in [0.2, 0.25) is 0 Å². The van der Waals surface area contributed by atoms with Crippen molar-refractivity contribution in [2.24, 2.45) is 0 Å². The summed E-state index contributed by atoms with van der Waals surface area (Å²) in [5.74, 6) is -0.538. The lowest BCUT2D eigenvalue weighted by Crippen LogP contribution is -2.37. The van der Waals surface area contributed by atoms with Crippen LogP contribution in [-0.4, -0.2) is 51.1 Å². The predicted octanol–water partition coefficient (Wildman–Crippen LogP) is 4.27. The van der Waals surface area contributed by atoms with Gasteiger partial charge in [-0.1, -0.05) is 71.1 Å². The minimum absolute atomic E-state index is 0.0560. The zero-order chi connectivity index (χ0) is 19.5. The Bertz CT molecular complexity index is 349. The average molecular weight is 374 g/mol. The number of hydrogen-bond donors (Lipinski definition) is 0. The maximum Gasteiger partial charge on any atom is 0.307 e. The van der Waals surface area contributed by atoms with Gasteiger partial charge in [0.05, 0.1) is 0 Å². The fraction of sp³-hybridized carbons (Fsp3) is 0.900. The number of rotatable bonds is 18. The van der Waals surface area contributed by atoms with Crippen LogP contribution in [-0.2, 0) is 23.8 Å². The third-order valence-corrected chi connectivity index (χ3v) is 4.27. The molecule has 0 unspecified atom stereocenters. The molecule has 0 radical (unpaired) electrons. The molecule has 0 aliphatic carbocycles. The van der Waals surface area contributed by atoms with Crippen molar-refractivity contribution in [3.05, 3.63) is 0 Å². The van der Waals surface area contributed by atoms with E-state index in [1.165, 1.54) is 76.9 Å². The summed E-state index contributed by atoms with van der Waals surface area (Å²) < 4.78 is 14.9. The van der Waals surface area contributed by atoms with Crippen LogP contribution in [0.15, 0.2) is 0 Å². The van der Waals surface area contributed by atoms with E-state index in [0.717, 1.165) is 12.8 Å². The molecule has 154 valence electrons. The number of methoxy groups -OCH3 is 2. The Kier molecular flexibility index (Phi) is 17.8. The zero-order valence-electron chi connectivity index (χ0n) is 17.1. The van der Waals surface area contributed by atoms with Gasteiger partial charge in [0, 0.05) is 20.6 Å². The molecular weight excluding hydrogens is 334 g/mol. The summed E-state index contributed by atoms with van der Waals surface area (Å²) in [6, 6.07) is 0. The molecule has 0 aromatic heterocycles. The van der Waals surface area contributed by atoms with Crippen LogP contribution >= 0.6 is 0 Å². The van der Waals surface area contributed by atoms with Gasteiger partial charge in [0.15, 0.2) is 6.73 Å². The largest absolute Gasteiger partial charge is 0.444 e. The molecule has 1 amide bonds. The topological polar surface area (TPSA) is 65.1 Å². The molecule has 26 heavy (non-hydrogen) atoms. The van der Waals surface area contributed by atoms with Crippen molar-refractivity contribution in [2.45, 2.75) is 84.0 Å². The molecular formula is C20H39NO5. The normalized spacial score (nSPS) is 10.7. The third kappa shape index (κ3) is 15.1. The van der Waals surface area contributed by atoms with Crippen molar-refractivity contribution in [3.63, 3.8) is 0 Å². The van der Waals surface area contributed by atoms with Crippen LogP contribution in [0.1, 0.15) is 84.0 Å². The standard InChI is InChI=1S/C20H39NO5/c1-4-5-6-7-8-9-10-11-12-13-14-15-20(23)26-18-21(17-25-3)19(22)16-24-2/h4-18H2,1-3H3. The summed E-state index contributed by atoms with van der Waals surface area (Å²) in [7, 11) is 2.93. The second-order valence-corrected chi connectivity index (χ2v) is 6.72. The first-order valence-electron chi connectivity index (χ1n) is 10.1. The highest BCUT2D eigenvalue weighted by Crippen LogP contribution is 2.12. The number of amides is 1. The number of hydrogen-bond acceptors (Lipinski definition) is 5. The number of ether oxygens (including phenoxy) is 3. The first-order chi connectivity index (χ1) is 12.7. The lowest BCUT2D eigenvalue weighted by molar-refractivity contribution is -0.159. The minimum Gasteiger partial charge on any atom is -0.444 e. The summed E-state index contributed by atoms with van der Waals surface area (Å²) in [6.45, 7) is 2.17. The molecule has 0 atom stereocenters. The fourth-order valence-corrected chi connectivity index (χ4v) is 2.71. The van der Waals surface area contributed by atoms with Gasteiger partial charge in [-0.25, -0.2) is 0 Å². The Morgan fingerprint density at radius 2 is 1.27 bits per heavy atom. The molecule has 0 heterocycles. The summed E-state index contributed by atoms with van der Waals surface area (Å²) in [5, 5.41) is 0. The van der Waals surface area contributed by atoms with E-state index in [9.17, 15) is 9.59 Å². The van der Waals surface area contributed by atoms with Crippen LogP contribution in [0.3, 0.4) is 0 Å². The molecule has 0 bridgehead atoms. The van der Waals surface area contributed by atoms with E-state index >= 15 is 0 Å². The highest BCUT2D eigenvalue weighted by atomic mass is 16.6. The molecule has 0 saturated heterocycles. The van der Waals surface area contributed by atoms with Crippen LogP contribution in [0.2, 0.25) is 0 Å². The lowest BCUT2D eigenvalue weighted by atomic mass is 10.1. The Balaban J connectivity index is 3.57. The number of nitrogens with zero attached hydrogens (tertiary/aromatic N) is 1. The van der Waals surface area contributed by atoms with E-state index in [0.29, 0.717) is 6.42 Å². The second-order valence-electron chi connectivity index (χ2n) is 6.72. The van der Waals surface area contributed by atoms with Gasteiger partial charge < -0.3 is 14.2 Å². The van der Waals surface area contributed by atoms with Crippen molar-refractivity contribution >= 4 is 11.9 Å². The highest BCUT2D eigenvalue weighted by molar-refractivity contribution is 5.77. The quantitative estimate of drug-likeness (QED) is 0.204. The van der Waals surface area contributed by atoms with Crippen LogP contribution in [0.25, 0.3) is 0 Å². The van der Waals surface area contributed by atoms with E-state index in [4.69, 9.17) is 14.2 Å². The minimum atomic E-state index is -0.271. The summed E-state index contributed by atoms with van der Waals surface area (Å²) in [4.78, 5) is 24.8. The van der Waals surface area contributed by atoms with Gasteiger partial charge in [-0.2, -0.15) is 0 Å². The Morgan fingerprint density at radius 1 is 0.731 bits per heavy atom. The Hall–Kier alpha value is -1.14. The van der Waals surface area contributed by atoms with Crippen LogP contribution in [0.4, 0.5) is 0 Å². The number of carbonyl (C=O) groups is 2. The number of carbonyl (C=O) groups excluding carboxylic acids is 2. The maximum absolute atomic E-state index is 11.8. The molecule has 0 N–H and O–H groups in total. The monoisotopic (exact) mass is 373 g/mol. The Labute approximate surface area is 159 Å². The fourth-order valence-electron chi connectivity index (χ4n) is 2.71. The molecule has 6 nitrogen and oxygen atoms in total. The Morgan fingerprint density at radius 3 is 1.77 bits per heavy atom. The van der Waals surface area contributed by atoms with E-state index in [1.54, 1.807) is 0 Å². The third-order valence-electron chi connectivity index (χ3n) is 4.27. The molecule has 6 heteroatoms. The molecule has 0 rings (SSSR count). The first-order valence-corrected chi connectivity index (χ1v) is 10.1. The SMILES string of the molecule is CCCCCCCCCCCCCC(=O)OCN(COC)C(=O)COC. The molecule has 0 aliphatic rings. The second kappa shape index (κ2) is 18.6. The lowest BCUT2D eigenvalue weighted by Gasteiger charge is -2.20. The van der Waals surface area contributed by atoms with Gasteiger partial charge in [-0.3, -0.25) is 14.5 Å². The van der Waals surface area contributed by atoms with Crippen molar-refractivity contribution in [1.82, 2.24) is 4.90 Å². The zero-order valence-corrected chi connectivity index (χ0v) is 17.1. The van der Waals surface area contributed by atoms with Gasteiger partial charge in [0.1, 0.15) is 13.3 Å². The van der Waals surface area contributed by atoms with Gasteiger partial charge in [0.25, 0.3) is 5.91 Å². The molecule has 0 aliphatic heterocycles. The van der Waals surface area contributed by atoms with E-state index < -0.39 is 0 Å². The van der Waals surface area contributed by atoms with Gasteiger partial charge >= 0.3 is 5.97 Å². The summed E-state index contributed by atoms with van der Waals surface area (Å²) in [5.41, 5.74) is 0. The molecule has 0 spiro atoms. The maximum atomic E-state index is 11.8. The van der Waals surface area contributed by atoms with Gasteiger partial charge in [-0.05, 0) is 6.42 Å². The molecule has 0 aromatic carbocycles. The summed E-state index contributed by atoms with van der Waals surface area (Å²) in [6.07, 6.45) is 14.1. The van der Waals surface area contributed by atoms with Gasteiger partial charge in [-0.15, -0.1) is 0 Å². The predicted molar refractivity (Wildman–Crippen MR) is 103 cm³/mol. The van der Waals surface area contributed by atoms with E-state index in [2.05, 4.69) is 6.92 Å². The smallest absolute Gasteiger partial charge is 0.307 e. The van der Waals surface area contributed by atoms with Crippen LogP contribution in [0.5, 0.6) is 0 Å². The van der Waals surface area contributed by atoms with Crippen molar-refractivity contribution < 1.29 is 23.8 Å². The number of unbranched alkanes of at least 4 members (excludes halogenated alkanes) is 10. The highest BCUT2D eigenvalue weighted by Gasteiger charge is 2.14. The average Bonchev–Trinajstić information content (AvgIpc) is 2.63. The van der Waals surface area contributed by atoms with Crippen LogP contribution in [0, 0.1) is 0 Å². The molecule has 0 saturated carbocycles. The van der Waals surface area contributed by atoms with Crippen molar-refractivity contribution in [3.8, 4) is 0 Å². The molecule has 0 aromatic rings. The first kappa shape index (κ1) is 24.9. The van der Waals surface area contributed by atoms with Crippen molar-refractivity contribution in [2.75, 3.05) is 34.3 Å². The van der Waals surface area contributed by atoms with Crippen LogP contribution < -0.4 is 0 Å². The molecule has 0 fully saturated rings.